The topological polar surface area (TPSA) is 127 Å². The van der Waals surface area contributed by atoms with E-state index in [2.05, 4.69) is 25.5 Å². The fourth-order valence-corrected chi connectivity index (χ4v) is 1.08. The van der Waals surface area contributed by atoms with Crippen molar-refractivity contribution in [2.24, 2.45) is 0 Å². The Morgan fingerprint density at radius 3 is 2.82 bits per heavy atom. The van der Waals surface area contributed by atoms with Crippen LogP contribution in [0.5, 0.6) is 0 Å². The molecular weight excluding hydrogens is 224 g/mol. The van der Waals surface area contributed by atoms with Crippen molar-refractivity contribution in [3.8, 4) is 0 Å². The Hall–Kier alpha value is -2.77. The van der Waals surface area contributed by atoms with Crippen LogP contribution in [0.25, 0.3) is 0 Å². The van der Waals surface area contributed by atoms with E-state index >= 15 is 0 Å². The van der Waals surface area contributed by atoms with Crippen LogP contribution in [-0.2, 0) is 0 Å². The number of rotatable bonds is 2. The van der Waals surface area contributed by atoms with Crippen molar-refractivity contribution in [1.29, 1.82) is 0 Å². The lowest BCUT2D eigenvalue weighted by molar-refractivity contribution is 0.102. The monoisotopic (exact) mass is 232 g/mol. The van der Waals surface area contributed by atoms with E-state index < -0.39 is 5.91 Å². The first-order chi connectivity index (χ1) is 8.15. The second-order valence-corrected chi connectivity index (χ2v) is 3.09. The van der Waals surface area contributed by atoms with Gasteiger partial charge in [0.15, 0.2) is 5.82 Å². The van der Waals surface area contributed by atoms with Crippen LogP contribution in [0, 0.1) is 0 Å². The van der Waals surface area contributed by atoms with Gasteiger partial charge in [-0.05, 0) is 6.07 Å². The minimum Gasteiger partial charge on any atom is -0.382 e. The summed E-state index contributed by atoms with van der Waals surface area (Å²) >= 11 is 0. The Morgan fingerprint density at radius 1 is 1.35 bits per heavy atom. The average Bonchev–Trinajstić information content (AvgIpc) is 2.32. The molecule has 0 unspecified atom stereocenters. The predicted octanol–water partition coefficient (Wildman–Crippen LogP) is -0.606. The van der Waals surface area contributed by atoms with Gasteiger partial charge in [0.25, 0.3) is 11.5 Å². The minimum atomic E-state index is -0.510. The van der Waals surface area contributed by atoms with Gasteiger partial charge in [0.1, 0.15) is 11.5 Å². The zero-order valence-electron chi connectivity index (χ0n) is 8.54. The lowest BCUT2D eigenvalue weighted by Crippen LogP contribution is -2.17. The Morgan fingerprint density at radius 2 is 2.18 bits per heavy atom. The third-order valence-electron chi connectivity index (χ3n) is 1.81. The molecule has 17 heavy (non-hydrogen) atoms. The van der Waals surface area contributed by atoms with Crippen LogP contribution >= 0.6 is 0 Å². The molecule has 0 aliphatic rings. The fourth-order valence-electron chi connectivity index (χ4n) is 1.08. The second-order valence-electron chi connectivity index (χ2n) is 3.09. The Balaban J connectivity index is 2.17. The smallest absolute Gasteiger partial charge is 0.277 e. The van der Waals surface area contributed by atoms with Crippen LogP contribution in [0.3, 0.4) is 0 Å². The number of hydrogen-bond acceptors (Lipinski definition) is 6. The van der Waals surface area contributed by atoms with E-state index in [1.54, 1.807) is 0 Å². The summed E-state index contributed by atoms with van der Waals surface area (Å²) in [6.07, 6.45) is 2.60. The molecule has 0 aromatic carbocycles. The Kier molecular flexibility index (Phi) is 2.77. The molecule has 86 valence electrons. The summed E-state index contributed by atoms with van der Waals surface area (Å²) < 4.78 is 0. The molecule has 0 radical (unpaired) electrons. The number of nitrogen functional groups attached to an aromatic ring is 1. The quantitative estimate of drug-likeness (QED) is 0.634. The van der Waals surface area contributed by atoms with Crippen LogP contribution < -0.4 is 16.6 Å². The van der Waals surface area contributed by atoms with Gasteiger partial charge >= 0.3 is 0 Å². The molecule has 0 spiro atoms. The standard InChI is InChI=1S/C9H8N6O2/c10-6-4-11-3-5(12-6)9(17)13-7-1-2-8(16)15-14-7/h1-4H,(H2,10,12)(H,15,16)(H,13,14,17). The van der Waals surface area contributed by atoms with Crippen LogP contribution in [0.4, 0.5) is 11.6 Å². The maximum absolute atomic E-state index is 11.7. The Labute approximate surface area is 94.9 Å². The number of nitrogens with zero attached hydrogens (tertiary/aromatic N) is 3. The molecule has 2 aromatic rings. The number of nitrogens with one attached hydrogen (secondary N) is 2. The molecule has 4 N–H and O–H groups in total. The summed E-state index contributed by atoms with van der Waals surface area (Å²) in [6, 6.07) is 2.62. The molecule has 2 aromatic heterocycles. The second kappa shape index (κ2) is 4.39. The molecule has 0 fully saturated rings. The number of anilines is 2. The molecule has 0 aliphatic carbocycles. The van der Waals surface area contributed by atoms with E-state index in [1.807, 2.05) is 0 Å². The first-order valence-electron chi connectivity index (χ1n) is 4.60. The third-order valence-corrected chi connectivity index (χ3v) is 1.81. The van der Waals surface area contributed by atoms with Crippen molar-refractivity contribution in [3.05, 3.63) is 40.6 Å². The molecule has 0 aliphatic heterocycles. The number of H-pyrrole nitrogens is 1. The molecule has 0 bridgehead atoms. The number of aromatic nitrogens is 4. The first kappa shape index (κ1) is 10.7. The summed E-state index contributed by atoms with van der Waals surface area (Å²) in [5.41, 5.74) is 5.11. The highest BCUT2D eigenvalue weighted by molar-refractivity contribution is 6.02. The molecule has 0 saturated carbocycles. The molecular formula is C9H8N6O2. The summed E-state index contributed by atoms with van der Waals surface area (Å²) in [4.78, 5) is 29.9. The molecule has 2 rings (SSSR count). The van der Waals surface area contributed by atoms with E-state index in [1.165, 1.54) is 24.5 Å². The van der Waals surface area contributed by atoms with Crippen LogP contribution in [0.15, 0.2) is 29.3 Å². The number of amides is 1. The average molecular weight is 232 g/mol. The normalized spacial score (nSPS) is 9.88. The zero-order valence-corrected chi connectivity index (χ0v) is 8.54. The van der Waals surface area contributed by atoms with E-state index in [9.17, 15) is 9.59 Å². The number of carbonyl (C=O) groups is 1. The maximum atomic E-state index is 11.7. The van der Waals surface area contributed by atoms with Crippen LogP contribution in [0.2, 0.25) is 0 Å². The molecule has 0 saturated heterocycles. The van der Waals surface area contributed by atoms with Crippen LogP contribution in [-0.4, -0.2) is 26.1 Å². The van der Waals surface area contributed by atoms with Crippen molar-refractivity contribution in [2.75, 3.05) is 11.1 Å². The van der Waals surface area contributed by atoms with Crippen molar-refractivity contribution < 1.29 is 4.79 Å². The van der Waals surface area contributed by atoms with Gasteiger partial charge in [0.2, 0.25) is 0 Å². The fraction of sp³-hybridized carbons (Fsp3) is 0. The predicted molar refractivity (Wildman–Crippen MR) is 59.3 cm³/mol. The highest BCUT2D eigenvalue weighted by Crippen LogP contribution is 2.02. The number of hydrogen-bond donors (Lipinski definition) is 3. The van der Waals surface area contributed by atoms with Gasteiger partial charge < -0.3 is 11.1 Å². The lowest BCUT2D eigenvalue weighted by Gasteiger charge is -2.02. The summed E-state index contributed by atoms with van der Waals surface area (Å²) in [7, 11) is 0. The molecule has 8 heteroatoms. The van der Waals surface area contributed by atoms with Gasteiger partial charge in [-0.25, -0.2) is 10.1 Å². The first-order valence-corrected chi connectivity index (χ1v) is 4.60. The van der Waals surface area contributed by atoms with Gasteiger partial charge in [0, 0.05) is 6.07 Å². The number of nitrogens with two attached hydrogens (primary N) is 1. The molecule has 2 heterocycles. The molecule has 1 amide bonds. The number of carbonyl (C=O) groups excluding carboxylic acids is 1. The van der Waals surface area contributed by atoms with E-state index in [0.29, 0.717) is 0 Å². The van der Waals surface area contributed by atoms with Crippen molar-refractivity contribution >= 4 is 17.5 Å². The van der Waals surface area contributed by atoms with Crippen molar-refractivity contribution in [2.45, 2.75) is 0 Å². The van der Waals surface area contributed by atoms with E-state index in [0.717, 1.165) is 0 Å². The van der Waals surface area contributed by atoms with Gasteiger partial charge in [-0.1, -0.05) is 0 Å². The van der Waals surface area contributed by atoms with Gasteiger partial charge in [-0.2, -0.15) is 5.10 Å². The summed E-state index contributed by atoms with van der Waals surface area (Å²) in [6.45, 7) is 0. The Bertz CT molecular complexity index is 588. The molecule has 0 atom stereocenters. The third kappa shape index (κ3) is 2.62. The highest BCUT2D eigenvalue weighted by Gasteiger charge is 2.09. The zero-order chi connectivity index (χ0) is 12.3. The molecule has 8 nitrogen and oxygen atoms in total. The van der Waals surface area contributed by atoms with Crippen LogP contribution in [0.1, 0.15) is 10.5 Å². The van der Waals surface area contributed by atoms with Crippen molar-refractivity contribution in [3.63, 3.8) is 0 Å². The largest absolute Gasteiger partial charge is 0.382 e. The van der Waals surface area contributed by atoms with Gasteiger partial charge in [-0.15, -0.1) is 0 Å². The van der Waals surface area contributed by atoms with E-state index in [-0.39, 0.29) is 22.9 Å². The van der Waals surface area contributed by atoms with Crippen molar-refractivity contribution in [1.82, 2.24) is 20.2 Å². The lowest BCUT2D eigenvalue weighted by atomic mass is 10.4. The number of aromatic amines is 1. The van der Waals surface area contributed by atoms with Gasteiger partial charge in [-0.3, -0.25) is 14.6 Å². The van der Waals surface area contributed by atoms with Gasteiger partial charge in [0.05, 0.1) is 12.4 Å². The maximum Gasteiger partial charge on any atom is 0.277 e. The van der Waals surface area contributed by atoms with E-state index in [4.69, 9.17) is 5.73 Å². The minimum absolute atomic E-state index is 0.0676. The summed E-state index contributed by atoms with van der Waals surface area (Å²) in [5.74, 6) is -0.157. The highest BCUT2D eigenvalue weighted by atomic mass is 16.2. The SMILES string of the molecule is Nc1cncc(C(=O)Nc2ccc(=O)[nH]n2)n1. The summed E-state index contributed by atoms with van der Waals surface area (Å²) in [5, 5.41) is 8.24.